The molecule has 1 saturated heterocycles. The van der Waals surface area contributed by atoms with Gasteiger partial charge in [-0.05, 0) is 28.7 Å². The Morgan fingerprint density at radius 3 is 1.50 bits per heavy atom. The van der Waals surface area contributed by atoms with Gasteiger partial charge in [0, 0.05) is 6.42 Å². The van der Waals surface area contributed by atoms with Gasteiger partial charge in [0.15, 0.2) is 6.29 Å². The summed E-state index contributed by atoms with van der Waals surface area (Å²) in [5, 5.41) is 0. The number of hydrogen-bond acceptors (Lipinski definition) is 11. The summed E-state index contributed by atoms with van der Waals surface area (Å²) in [6.45, 7) is 3.11. The van der Waals surface area contributed by atoms with Crippen molar-refractivity contribution >= 4 is 13.8 Å². The topological polar surface area (TPSA) is 137 Å². The zero-order chi connectivity index (χ0) is 51.1. The van der Waals surface area contributed by atoms with Crippen LogP contribution in [0.5, 0.6) is 0 Å². The van der Waals surface area contributed by atoms with Crippen LogP contribution in [-0.4, -0.2) is 106 Å². The Bertz CT molecular complexity index is 2040. The third-order valence-corrected chi connectivity index (χ3v) is 13.5. The van der Waals surface area contributed by atoms with E-state index in [1.54, 1.807) is 0 Å². The Balaban J connectivity index is 1.33. The van der Waals surface area contributed by atoms with Gasteiger partial charge in [0.25, 0.3) is 0 Å². The van der Waals surface area contributed by atoms with E-state index in [1.807, 2.05) is 142 Å². The summed E-state index contributed by atoms with van der Waals surface area (Å²) in [5.74, 6) is -0.457. The first-order valence-electron chi connectivity index (χ1n) is 26.4. The van der Waals surface area contributed by atoms with Gasteiger partial charge in [-0.2, -0.15) is 0 Å². The van der Waals surface area contributed by atoms with Crippen molar-refractivity contribution in [2.75, 3.05) is 54.1 Å². The number of benzene rings is 4. The highest BCUT2D eigenvalue weighted by molar-refractivity contribution is 7.47. The lowest BCUT2D eigenvalue weighted by atomic mass is 9.97. The number of nitrogens with zero attached hydrogens (tertiary/aromatic N) is 1. The second kappa shape index (κ2) is 33.9. The van der Waals surface area contributed by atoms with Crippen LogP contribution < -0.4 is 0 Å². The minimum atomic E-state index is -4.54. The smallest absolute Gasteiger partial charge is 0.457 e. The van der Waals surface area contributed by atoms with Crippen LogP contribution in [0.2, 0.25) is 0 Å². The van der Waals surface area contributed by atoms with Crippen molar-refractivity contribution in [3.8, 4) is 0 Å². The van der Waals surface area contributed by atoms with E-state index in [-0.39, 0.29) is 46.1 Å². The van der Waals surface area contributed by atoms with Gasteiger partial charge in [0.05, 0.1) is 67.4 Å². The molecular formula is C58H85NO12P+. The molecule has 398 valence electrons. The van der Waals surface area contributed by atoms with Crippen molar-refractivity contribution in [3.63, 3.8) is 0 Å². The molecular weight excluding hydrogens is 934 g/mol. The Labute approximate surface area is 431 Å². The number of phosphoric ester groups is 1. The molecule has 0 radical (unpaired) electrons. The number of ether oxygens (including phenoxy) is 7. The van der Waals surface area contributed by atoms with Crippen molar-refractivity contribution in [2.24, 2.45) is 0 Å². The SMILES string of the molecule is CCCCCCCCCCCCCCCC(=O)O[C@H](CO[C@@H]1O[C@H](COCc2ccccc2)[C@@H](OCc2ccccc2)[C@H](OCc2ccccc2)[C@H]1OCc1ccccc1)COP(=O)(O)OCC[N+](C)(C)C. The van der Waals surface area contributed by atoms with E-state index in [0.29, 0.717) is 24.1 Å². The molecule has 1 aliphatic rings. The molecule has 0 amide bonds. The standard InChI is InChI=1S/C58H84NO12P/c1-5-6-7-8-9-10-11-12-13-14-15-16-29-38-54(60)70-52(46-69-72(61,62)68-40-39-59(2,3)4)45-67-58-57(66-44-51-36-27-20-28-37-51)56(65-43-50-34-25-19-26-35-50)55(64-42-49-32-23-18-24-33-49)53(71-58)47-63-41-48-30-21-17-22-31-48/h17-28,30-37,52-53,55-58H,5-16,29,38-47H2,1-4H3/p+1/t52-,53-,55-,56+,57-,58-/m1/s1. The zero-order valence-electron chi connectivity index (χ0n) is 43.6. The number of carbonyl (C=O) groups is 1. The first-order valence-corrected chi connectivity index (χ1v) is 27.9. The number of phosphoric acid groups is 1. The number of quaternary nitrogens is 1. The summed E-state index contributed by atoms with van der Waals surface area (Å²) in [6, 6.07) is 39.4. The van der Waals surface area contributed by atoms with Gasteiger partial charge in [-0.3, -0.25) is 13.8 Å². The predicted octanol–water partition coefficient (Wildman–Crippen LogP) is 11.9. The van der Waals surface area contributed by atoms with Crippen molar-refractivity contribution in [3.05, 3.63) is 144 Å². The monoisotopic (exact) mass is 1020 g/mol. The molecule has 72 heavy (non-hydrogen) atoms. The number of carbonyl (C=O) groups excluding carboxylic acids is 1. The van der Waals surface area contributed by atoms with Gasteiger partial charge in [-0.1, -0.05) is 205 Å². The predicted molar refractivity (Wildman–Crippen MR) is 281 cm³/mol. The van der Waals surface area contributed by atoms with Crippen LogP contribution in [0.3, 0.4) is 0 Å². The molecule has 1 heterocycles. The third-order valence-electron chi connectivity index (χ3n) is 12.5. The van der Waals surface area contributed by atoms with Gasteiger partial charge >= 0.3 is 13.8 Å². The molecule has 0 spiro atoms. The number of unbranched alkanes of at least 4 members (excludes halogenated alkanes) is 12. The molecule has 7 atom stereocenters. The van der Waals surface area contributed by atoms with E-state index in [0.717, 1.165) is 41.5 Å². The molecule has 1 aliphatic heterocycles. The van der Waals surface area contributed by atoms with E-state index in [2.05, 4.69) is 6.92 Å². The third kappa shape index (κ3) is 24.5. The first-order chi connectivity index (χ1) is 35.0. The van der Waals surface area contributed by atoms with E-state index >= 15 is 0 Å². The fourth-order valence-corrected chi connectivity index (χ4v) is 9.12. The summed E-state index contributed by atoms with van der Waals surface area (Å²) >= 11 is 0. The minimum absolute atomic E-state index is 0.0146. The summed E-state index contributed by atoms with van der Waals surface area (Å²) in [6.07, 6.45) is 10.3. The Morgan fingerprint density at radius 2 is 1.01 bits per heavy atom. The molecule has 1 fully saturated rings. The first kappa shape index (κ1) is 59.1. The molecule has 4 aromatic rings. The summed E-state index contributed by atoms with van der Waals surface area (Å²) in [5.41, 5.74) is 3.83. The maximum atomic E-state index is 13.5. The number of esters is 1. The Morgan fingerprint density at radius 1 is 0.569 bits per heavy atom. The van der Waals surface area contributed by atoms with E-state index in [9.17, 15) is 14.3 Å². The summed E-state index contributed by atoms with van der Waals surface area (Å²) in [4.78, 5) is 24.3. The molecule has 1 N–H and O–H groups in total. The van der Waals surface area contributed by atoms with Gasteiger partial charge in [-0.25, -0.2) is 4.57 Å². The van der Waals surface area contributed by atoms with E-state index in [4.69, 9.17) is 42.2 Å². The molecule has 0 bridgehead atoms. The Kier molecular flexibility index (Phi) is 27.8. The fourth-order valence-electron chi connectivity index (χ4n) is 8.38. The van der Waals surface area contributed by atoms with Crippen LogP contribution in [0.4, 0.5) is 0 Å². The highest BCUT2D eigenvalue weighted by atomic mass is 31.2. The Hall–Kier alpha value is -3.82. The largest absolute Gasteiger partial charge is 0.472 e. The molecule has 4 aromatic carbocycles. The number of rotatable bonds is 38. The summed E-state index contributed by atoms with van der Waals surface area (Å²) in [7, 11) is 1.32. The second-order valence-corrected chi connectivity index (χ2v) is 21.3. The minimum Gasteiger partial charge on any atom is -0.457 e. The van der Waals surface area contributed by atoms with Gasteiger partial charge < -0.3 is 42.5 Å². The molecule has 0 saturated carbocycles. The molecule has 0 aromatic heterocycles. The lowest BCUT2D eigenvalue weighted by molar-refractivity contribution is -0.870. The second-order valence-electron chi connectivity index (χ2n) is 19.9. The van der Waals surface area contributed by atoms with Crippen LogP contribution in [0.1, 0.15) is 119 Å². The fraction of sp³-hybridized carbons (Fsp3) is 0.569. The van der Waals surface area contributed by atoms with E-state index in [1.165, 1.54) is 57.8 Å². The van der Waals surface area contributed by atoms with Gasteiger partial charge in [0.2, 0.25) is 0 Å². The molecule has 14 heteroatoms. The van der Waals surface area contributed by atoms with Crippen molar-refractivity contribution in [1.29, 1.82) is 0 Å². The quantitative estimate of drug-likeness (QED) is 0.0198. The summed E-state index contributed by atoms with van der Waals surface area (Å²) < 4.78 is 70.8. The molecule has 13 nitrogen and oxygen atoms in total. The van der Waals surface area contributed by atoms with Crippen LogP contribution in [0.25, 0.3) is 0 Å². The van der Waals surface area contributed by atoms with Gasteiger partial charge in [-0.15, -0.1) is 0 Å². The average molecular weight is 1020 g/mol. The molecule has 5 rings (SSSR count). The number of likely N-dealkylation sites (N-methyl/N-ethyl adjacent to an activating group) is 1. The van der Waals surface area contributed by atoms with Crippen LogP contribution >= 0.6 is 7.82 Å². The van der Waals surface area contributed by atoms with Crippen molar-refractivity contribution in [1.82, 2.24) is 0 Å². The average Bonchev–Trinajstić information content (AvgIpc) is 3.37. The van der Waals surface area contributed by atoms with Crippen molar-refractivity contribution < 1.29 is 60.9 Å². The number of hydrogen-bond donors (Lipinski definition) is 1. The van der Waals surface area contributed by atoms with Crippen LogP contribution in [0.15, 0.2) is 121 Å². The molecule has 1 unspecified atom stereocenters. The highest BCUT2D eigenvalue weighted by Crippen LogP contribution is 2.43. The maximum absolute atomic E-state index is 13.5. The van der Waals surface area contributed by atoms with E-state index < -0.39 is 57.2 Å². The maximum Gasteiger partial charge on any atom is 0.472 e. The van der Waals surface area contributed by atoms with Gasteiger partial charge in [0.1, 0.15) is 43.7 Å². The van der Waals surface area contributed by atoms with Crippen LogP contribution in [-0.2, 0) is 78.0 Å². The lowest BCUT2D eigenvalue weighted by Gasteiger charge is -2.46. The normalized spacial score (nSPS) is 19.4. The van der Waals surface area contributed by atoms with Crippen LogP contribution in [0, 0.1) is 0 Å². The molecule has 0 aliphatic carbocycles. The van der Waals surface area contributed by atoms with Crippen molar-refractivity contribution in [2.45, 2.75) is 160 Å². The lowest BCUT2D eigenvalue weighted by Crippen LogP contribution is -2.62. The highest BCUT2D eigenvalue weighted by Gasteiger charge is 2.49. The zero-order valence-corrected chi connectivity index (χ0v) is 44.5.